The Morgan fingerprint density at radius 3 is 2.65 bits per heavy atom. The summed E-state index contributed by atoms with van der Waals surface area (Å²) >= 11 is 0. The smallest absolute Gasteiger partial charge is 0.260 e. The van der Waals surface area contributed by atoms with Crippen molar-refractivity contribution in [1.29, 1.82) is 0 Å². The molecule has 5 nitrogen and oxygen atoms in total. The Hall–Kier alpha value is -1.72. The lowest BCUT2D eigenvalue weighted by molar-refractivity contribution is -0.134. The third kappa shape index (κ3) is 2.34. The molecule has 2 heterocycles. The van der Waals surface area contributed by atoms with Crippen molar-refractivity contribution in [2.24, 2.45) is 0 Å². The molecular formula is C15H17NO4. The summed E-state index contributed by atoms with van der Waals surface area (Å²) in [6.45, 7) is 0.981. The number of ether oxygens (including phenoxy) is 1. The Kier molecular flexibility index (Phi) is 3.31. The lowest BCUT2D eigenvalue weighted by atomic mass is 9.91. The van der Waals surface area contributed by atoms with Crippen molar-refractivity contribution in [2.45, 2.75) is 24.9 Å². The molecule has 0 radical (unpaired) electrons. The molecule has 1 N–H and O–H groups in total. The van der Waals surface area contributed by atoms with Crippen molar-refractivity contribution in [3.63, 3.8) is 0 Å². The van der Waals surface area contributed by atoms with Crippen LogP contribution >= 0.6 is 0 Å². The Morgan fingerprint density at radius 2 is 1.90 bits per heavy atom. The topological polar surface area (TPSA) is 66.8 Å². The minimum atomic E-state index is -1.02. The van der Waals surface area contributed by atoms with E-state index in [-0.39, 0.29) is 24.8 Å². The van der Waals surface area contributed by atoms with Gasteiger partial charge in [-0.15, -0.1) is 0 Å². The highest BCUT2D eigenvalue weighted by atomic mass is 16.5. The van der Waals surface area contributed by atoms with Gasteiger partial charge in [0.05, 0.1) is 18.6 Å². The zero-order chi connectivity index (χ0) is 14.2. The van der Waals surface area contributed by atoms with E-state index in [1.165, 1.54) is 4.90 Å². The lowest BCUT2D eigenvalue weighted by Gasteiger charge is -2.37. The summed E-state index contributed by atoms with van der Waals surface area (Å²) in [5.74, 6) is -0.551. The molecule has 0 saturated carbocycles. The van der Waals surface area contributed by atoms with E-state index in [9.17, 15) is 14.7 Å². The molecule has 0 bridgehead atoms. The molecule has 0 spiro atoms. The number of β-amino-alcohol motifs (C(OH)–C–C–N with tert-alkyl or cyclic N) is 1. The third-order valence-electron chi connectivity index (χ3n) is 4.01. The van der Waals surface area contributed by atoms with Crippen LogP contribution in [0.1, 0.15) is 28.8 Å². The van der Waals surface area contributed by atoms with Gasteiger partial charge in [0.15, 0.2) is 0 Å². The van der Waals surface area contributed by atoms with E-state index in [1.807, 2.05) is 6.07 Å². The van der Waals surface area contributed by atoms with Gasteiger partial charge >= 0.3 is 0 Å². The molecule has 0 atom stereocenters. The molecule has 3 rings (SSSR count). The molecule has 0 aliphatic carbocycles. The van der Waals surface area contributed by atoms with Crippen LogP contribution in [0.5, 0.6) is 0 Å². The zero-order valence-corrected chi connectivity index (χ0v) is 11.2. The highest BCUT2D eigenvalue weighted by Gasteiger charge is 2.38. The fraction of sp³-hybridized carbons (Fsp3) is 0.467. The van der Waals surface area contributed by atoms with E-state index in [0.29, 0.717) is 31.6 Å². The van der Waals surface area contributed by atoms with Crippen molar-refractivity contribution in [2.75, 3.05) is 19.8 Å². The normalized spacial score (nSPS) is 21.8. The molecule has 2 aliphatic rings. The minimum Gasteiger partial charge on any atom is -0.388 e. The van der Waals surface area contributed by atoms with Gasteiger partial charge in [-0.05, 0) is 11.6 Å². The molecule has 0 aromatic heterocycles. The average molecular weight is 275 g/mol. The second-order valence-electron chi connectivity index (χ2n) is 5.46. The van der Waals surface area contributed by atoms with Gasteiger partial charge in [-0.3, -0.25) is 14.5 Å². The summed E-state index contributed by atoms with van der Waals surface area (Å²) < 4.78 is 5.22. The summed E-state index contributed by atoms with van der Waals surface area (Å²) in [5.41, 5.74) is 0.302. The first-order valence-corrected chi connectivity index (χ1v) is 6.82. The summed E-state index contributed by atoms with van der Waals surface area (Å²) in [7, 11) is 0. The first kappa shape index (κ1) is 13.3. The van der Waals surface area contributed by atoms with Crippen molar-refractivity contribution in [3.8, 4) is 0 Å². The van der Waals surface area contributed by atoms with Crippen LogP contribution in [0.2, 0.25) is 0 Å². The SMILES string of the molecule is O=C1Cc2ccccc2C(=O)N1CC1(O)CCOCC1. The van der Waals surface area contributed by atoms with Crippen LogP contribution in [0.15, 0.2) is 24.3 Å². The highest BCUT2D eigenvalue weighted by molar-refractivity contribution is 6.09. The molecule has 1 aromatic rings. The number of imide groups is 1. The van der Waals surface area contributed by atoms with E-state index in [2.05, 4.69) is 0 Å². The number of amides is 2. The number of hydrogen-bond donors (Lipinski definition) is 1. The van der Waals surface area contributed by atoms with Gasteiger partial charge in [0, 0.05) is 31.6 Å². The monoisotopic (exact) mass is 275 g/mol. The molecule has 106 valence electrons. The molecule has 20 heavy (non-hydrogen) atoms. The van der Waals surface area contributed by atoms with Crippen molar-refractivity contribution >= 4 is 11.8 Å². The molecule has 5 heteroatoms. The van der Waals surface area contributed by atoms with Crippen LogP contribution in [0, 0.1) is 0 Å². The second kappa shape index (κ2) is 5.00. The number of carbonyl (C=O) groups is 2. The quantitative estimate of drug-likeness (QED) is 0.809. The molecule has 2 aliphatic heterocycles. The predicted molar refractivity (Wildman–Crippen MR) is 71.2 cm³/mol. The fourth-order valence-corrected chi connectivity index (χ4v) is 2.76. The largest absolute Gasteiger partial charge is 0.388 e. The fourth-order valence-electron chi connectivity index (χ4n) is 2.76. The average Bonchev–Trinajstić information content (AvgIpc) is 2.44. The maximum absolute atomic E-state index is 12.4. The number of hydrogen-bond acceptors (Lipinski definition) is 4. The highest BCUT2D eigenvalue weighted by Crippen LogP contribution is 2.26. The van der Waals surface area contributed by atoms with E-state index >= 15 is 0 Å². The van der Waals surface area contributed by atoms with E-state index in [1.54, 1.807) is 18.2 Å². The van der Waals surface area contributed by atoms with Crippen LogP contribution in [0.3, 0.4) is 0 Å². The minimum absolute atomic E-state index is 0.0579. The maximum atomic E-state index is 12.4. The maximum Gasteiger partial charge on any atom is 0.260 e. The predicted octanol–water partition coefficient (Wildman–Crippen LogP) is 0.753. The first-order valence-electron chi connectivity index (χ1n) is 6.82. The molecule has 1 aromatic carbocycles. The van der Waals surface area contributed by atoms with Crippen LogP contribution in [-0.4, -0.2) is 47.2 Å². The van der Waals surface area contributed by atoms with Crippen LogP contribution in [0.4, 0.5) is 0 Å². The van der Waals surface area contributed by atoms with Gasteiger partial charge in [0.25, 0.3) is 5.91 Å². The van der Waals surface area contributed by atoms with Gasteiger partial charge in [0.2, 0.25) is 5.91 Å². The van der Waals surface area contributed by atoms with E-state index < -0.39 is 5.60 Å². The number of benzene rings is 1. The zero-order valence-electron chi connectivity index (χ0n) is 11.2. The molecular weight excluding hydrogens is 258 g/mol. The van der Waals surface area contributed by atoms with Gasteiger partial charge < -0.3 is 9.84 Å². The van der Waals surface area contributed by atoms with Gasteiger partial charge in [-0.2, -0.15) is 0 Å². The van der Waals surface area contributed by atoms with Crippen LogP contribution in [0.25, 0.3) is 0 Å². The lowest BCUT2D eigenvalue weighted by Crippen LogP contribution is -2.52. The molecule has 0 unspecified atom stereocenters. The summed E-state index contributed by atoms with van der Waals surface area (Å²) in [6, 6.07) is 7.13. The van der Waals surface area contributed by atoms with Gasteiger partial charge in [-0.1, -0.05) is 18.2 Å². The van der Waals surface area contributed by atoms with Gasteiger partial charge in [0.1, 0.15) is 0 Å². The number of nitrogens with zero attached hydrogens (tertiary/aromatic N) is 1. The standard InChI is InChI=1S/C15H17NO4/c17-13-9-11-3-1-2-4-12(11)14(18)16(13)10-15(19)5-7-20-8-6-15/h1-4,19H,5-10H2. The Morgan fingerprint density at radius 1 is 1.20 bits per heavy atom. The van der Waals surface area contributed by atoms with Crippen molar-refractivity contribution in [3.05, 3.63) is 35.4 Å². The van der Waals surface area contributed by atoms with E-state index in [4.69, 9.17) is 4.74 Å². The first-order chi connectivity index (χ1) is 9.59. The summed E-state index contributed by atoms with van der Waals surface area (Å²) in [4.78, 5) is 25.7. The van der Waals surface area contributed by atoms with Gasteiger partial charge in [-0.25, -0.2) is 0 Å². The number of aliphatic hydroxyl groups is 1. The second-order valence-corrected chi connectivity index (χ2v) is 5.46. The Labute approximate surface area is 117 Å². The molecule has 1 fully saturated rings. The molecule has 2 amide bonds. The summed E-state index contributed by atoms with van der Waals surface area (Å²) in [5, 5.41) is 10.5. The van der Waals surface area contributed by atoms with Crippen LogP contribution in [-0.2, 0) is 16.0 Å². The summed E-state index contributed by atoms with van der Waals surface area (Å²) in [6.07, 6.45) is 1.12. The Balaban J connectivity index is 1.84. The number of carbonyl (C=O) groups excluding carboxylic acids is 2. The van der Waals surface area contributed by atoms with Crippen LogP contribution < -0.4 is 0 Å². The molecule has 1 saturated heterocycles. The third-order valence-corrected chi connectivity index (χ3v) is 4.01. The Bertz CT molecular complexity index is 549. The van der Waals surface area contributed by atoms with E-state index in [0.717, 1.165) is 5.56 Å². The van der Waals surface area contributed by atoms with Crippen molar-refractivity contribution in [1.82, 2.24) is 4.90 Å². The van der Waals surface area contributed by atoms with Crippen molar-refractivity contribution < 1.29 is 19.4 Å². The number of rotatable bonds is 2. The number of fused-ring (bicyclic) bond motifs is 1.